The van der Waals surface area contributed by atoms with Crippen LogP contribution in [0.3, 0.4) is 0 Å². The molecule has 1 aromatic carbocycles. The van der Waals surface area contributed by atoms with Crippen LogP contribution in [0.4, 0.5) is 4.39 Å². The maximum absolute atomic E-state index is 13.8. The van der Waals surface area contributed by atoms with Crippen molar-refractivity contribution in [1.82, 2.24) is 15.3 Å². The molecule has 1 aromatic heterocycles. The molecule has 0 unspecified atom stereocenters. The van der Waals surface area contributed by atoms with Gasteiger partial charge in [-0.2, -0.15) is 0 Å². The van der Waals surface area contributed by atoms with E-state index in [0.717, 1.165) is 24.8 Å². The Labute approximate surface area is 122 Å². The highest BCUT2D eigenvalue weighted by molar-refractivity contribution is 5.80. The number of ether oxygens (including phenoxy) is 1. The number of aromatic nitrogens is 2. The van der Waals surface area contributed by atoms with E-state index in [1.807, 2.05) is 0 Å². The van der Waals surface area contributed by atoms with Crippen molar-refractivity contribution in [1.29, 1.82) is 0 Å². The molecule has 1 heterocycles. The molecule has 0 spiro atoms. The van der Waals surface area contributed by atoms with Gasteiger partial charge in [-0.05, 0) is 18.6 Å². The Morgan fingerprint density at radius 3 is 3.10 bits per heavy atom. The molecule has 2 aromatic rings. The van der Waals surface area contributed by atoms with Crippen molar-refractivity contribution in [3.05, 3.63) is 29.8 Å². The first-order valence-corrected chi connectivity index (χ1v) is 7.17. The summed E-state index contributed by atoms with van der Waals surface area (Å²) < 4.78 is 19.1. The second kappa shape index (κ2) is 7.73. The van der Waals surface area contributed by atoms with Crippen molar-refractivity contribution in [2.75, 3.05) is 13.2 Å². The molecule has 0 atom stereocenters. The van der Waals surface area contributed by atoms with E-state index in [0.29, 0.717) is 17.7 Å². The zero-order chi connectivity index (χ0) is 15.1. The van der Waals surface area contributed by atoms with E-state index >= 15 is 0 Å². The molecular formula is C15H20FN3O2. The van der Waals surface area contributed by atoms with Gasteiger partial charge in [0.25, 0.3) is 0 Å². The van der Waals surface area contributed by atoms with Gasteiger partial charge < -0.3 is 15.0 Å². The van der Waals surface area contributed by atoms with Crippen molar-refractivity contribution < 1.29 is 13.9 Å². The number of aromatic amines is 1. The van der Waals surface area contributed by atoms with Gasteiger partial charge in [-0.3, -0.25) is 4.79 Å². The van der Waals surface area contributed by atoms with Gasteiger partial charge in [-0.1, -0.05) is 19.8 Å². The van der Waals surface area contributed by atoms with Gasteiger partial charge in [0.2, 0.25) is 5.91 Å². The van der Waals surface area contributed by atoms with E-state index < -0.39 is 0 Å². The number of carbonyl (C=O) groups excluding carboxylic acids is 1. The van der Waals surface area contributed by atoms with Crippen molar-refractivity contribution in [2.24, 2.45) is 0 Å². The number of amides is 1. The van der Waals surface area contributed by atoms with Gasteiger partial charge in [0.15, 0.2) is 0 Å². The summed E-state index contributed by atoms with van der Waals surface area (Å²) in [6.07, 6.45) is 4.66. The van der Waals surface area contributed by atoms with Gasteiger partial charge in [-0.25, -0.2) is 9.37 Å². The largest absolute Gasteiger partial charge is 0.372 e. The van der Waals surface area contributed by atoms with E-state index in [1.165, 1.54) is 12.4 Å². The number of nitrogens with zero attached hydrogens (tertiary/aromatic N) is 1. The third-order valence-corrected chi connectivity index (χ3v) is 3.23. The van der Waals surface area contributed by atoms with Gasteiger partial charge in [0.05, 0.1) is 17.4 Å². The summed E-state index contributed by atoms with van der Waals surface area (Å²) in [5.41, 5.74) is 1.67. The van der Waals surface area contributed by atoms with Gasteiger partial charge >= 0.3 is 0 Å². The van der Waals surface area contributed by atoms with Crippen LogP contribution in [-0.4, -0.2) is 29.1 Å². The monoisotopic (exact) mass is 293 g/mol. The molecule has 114 valence electrons. The summed E-state index contributed by atoms with van der Waals surface area (Å²) in [7, 11) is 0. The highest BCUT2D eigenvalue weighted by atomic mass is 19.1. The number of unbranched alkanes of at least 4 members (excludes halogenated alkanes) is 2. The van der Waals surface area contributed by atoms with E-state index in [4.69, 9.17) is 4.74 Å². The lowest BCUT2D eigenvalue weighted by atomic mass is 10.1. The van der Waals surface area contributed by atoms with Crippen LogP contribution in [-0.2, 0) is 16.1 Å². The summed E-state index contributed by atoms with van der Waals surface area (Å²) >= 11 is 0. The minimum absolute atomic E-state index is 0.00186. The van der Waals surface area contributed by atoms with Gasteiger partial charge in [0, 0.05) is 18.7 Å². The standard InChI is InChI=1S/C15H20FN3O2/c1-2-3-4-7-21-9-14(20)17-8-11-12(16)5-6-13-15(11)19-10-18-13/h5-6,10H,2-4,7-9H2,1H3,(H,17,20)(H,18,19). The molecule has 2 rings (SSSR count). The lowest BCUT2D eigenvalue weighted by Gasteiger charge is -2.08. The molecule has 0 aliphatic heterocycles. The lowest BCUT2D eigenvalue weighted by molar-refractivity contribution is -0.125. The zero-order valence-corrected chi connectivity index (χ0v) is 12.1. The fourth-order valence-electron chi connectivity index (χ4n) is 2.07. The smallest absolute Gasteiger partial charge is 0.246 e. The van der Waals surface area contributed by atoms with Crippen LogP contribution < -0.4 is 5.32 Å². The van der Waals surface area contributed by atoms with Gasteiger partial charge in [0.1, 0.15) is 12.4 Å². The number of halogens is 1. The second-order valence-corrected chi connectivity index (χ2v) is 4.86. The number of H-pyrrole nitrogens is 1. The molecule has 0 bridgehead atoms. The van der Waals surface area contributed by atoms with Crippen molar-refractivity contribution in [3.8, 4) is 0 Å². The normalized spacial score (nSPS) is 11.0. The Kier molecular flexibility index (Phi) is 5.68. The summed E-state index contributed by atoms with van der Waals surface area (Å²) in [5.74, 6) is -0.628. The molecule has 0 fully saturated rings. The minimum atomic E-state index is -0.376. The summed E-state index contributed by atoms with van der Waals surface area (Å²) in [6.45, 7) is 2.79. The molecule has 21 heavy (non-hydrogen) atoms. The molecular weight excluding hydrogens is 273 g/mol. The summed E-state index contributed by atoms with van der Waals surface area (Å²) in [4.78, 5) is 18.6. The Bertz CT molecular complexity index is 598. The predicted molar refractivity (Wildman–Crippen MR) is 78.2 cm³/mol. The van der Waals surface area contributed by atoms with Crippen LogP contribution in [0.1, 0.15) is 31.7 Å². The third kappa shape index (κ3) is 4.26. The molecule has 0 aliphatic carbocycles. The highest BCUT2D eigenvalue weighted by Gasteiger charge is 2.11. The highest BCUT2D eigenvalue weighted by Crippen LogP contribution is 2.18. The number of imidazole rings is 1. The zero-order valence-electron chi connectivity index (χ0n) is 12.1. The maximum Gasteiger partial charge on any atom is 0.246 e. The second-order valence-electron chi connectivity index (χ2n) is 4.86. The molecule has 5 nitrogen and oxygen atoms in total. The van der Waals surface area contributed by atoms with E-state index in [9.17, 15) is 9.18 Å². The number of benzene rings is 1. The summed E-state index contributed by atoms with van der Waals surface area (Å²) in [6, 6.07) is 2.99. The van der Waals surface area contributed by atoms with Crippen LogP contribution in [0.2, 0.25) is 0 Å². The fraction of sp³-hybridized carbons (Fsp3) is 0.467. The molecule has 6 heteroatoms. The Balaban J connectivity index is 1.83. The van der Waals surface area contributed by atoms with Crippen LogP contribution in [0.25, 0.3) is 11.0 Å². The molecule has 0 aliphatic rings. The molecule has 0 radical (unpaired) electrons. The van der Waals surface area contributed by atoms with E-state index in [1.54, 1.807) is 6.07 Å². The average molecular weight is 293 g/mol. The Morgan fingerprint density at radius 1 is 1.43 bits per heavy atom. The summed E-state index contributed by atoms with van der Waals surface area (Å²) in [5, 5.41) is 2.65. The van der Waals surface area contributed by atoms with E-state index in [2.05, 4.69) is 22.2 Å². The van der Waals surface area contributed by atoms with Crippen LogP contribution in [0.5, 0.6) is 0 Å². The quantitative estimate of drug-likeness (QED) is 0.735. The Hall–Kier alpha value is -1.95. The molecule has 0 saturated heterocycles. The fourth-order valence-corrected chi connectivity index (χ4v) is 2.07. The SMILES string of the molecule is CCCCCOCC(=O)NCc1c(F)ccc2[nH]cnc12. The first-order chi connectivity index (χ1) is 10.2. The van der Waals surface area contributed by atoms with Crippen LogP contribution in [0, 0.1) is 5.82 Å². The minimum Gasteiger partial charge on any atom is -0.372 e. The number of hydrogen-bond acceptors (Lipinski definition) is 3. The maximum atomic E-state index is 13.8. The number of carbonyl (C=O) groups is 1. The first kappa shape index (κ1) is 15.4. The van der Waals surface area contributed by atoms with Crippen LogP contribution >= 0.6 is 0 Å². The predicted octanol–water partition coefficient (Wildman–Crippen LogP) is 2.53. The third-order valence-electron chi connectivity index (χ3n) is 3.23. The number of hydrogen-bond donors (Lipinski definition) is 2. The van der Waals surface area contributed by atoms with Crippen molar-refractivity contribution in [3.63, 3.8) is 0 Å². The lowest BCUT2D eigenvalue weighted by Crippen LogP contribution is -2.27. The Morgan fingerprint density at radius 2 is 2.29 bits per heavy atom. The topological polar surface area (TPSA) is 67.0 Å². The molecule has 2 N–H and O–H groups in total. The van der Waals surface area contributed by atoms with E-state index in [-0.39, 0.29) is 24.9 Å². The molecule has 0 saturated carbocycles. The first-order valence-electron chi connectivity index (χ1n) is 7.17. The van der Waals surface area contributed by atoms with Crippen LogP contribution in [0.15, 0.2) is 18.5 Å². The number of fused-ring (bicyclic) bond motifs is 1. The average Bonchev–Trinajstić information content (AvgIpc) is 2.94. The van der Waals surface area contributed by atoms with Crippen molar-refractivity contribution in [2.45, 2.75) is 32.7 Å². The number of rotatable bonds is 8. The molecule has 1 amide bonds. The van der Waals surface area contributed by atoms with Gasteiger partial charge in [-0.15, -0.1) is 0 Å². The number of nitrogens with one attached hydrogen (secondary N) is 2. The van der Waals surface area contributed by atoms with Crippen molar-refractivity contribution >= 4 is 16.9 Å².